The van der Waals surface area contributed by atoms with Crippen LogP contribution in [-0.2, 0) is 4.79 Å². The number of aryl methyl sites for hydroxylation is 1. The van der Waals surface area contributed by atoms with E-state index < -0.39 is 6.36 Å². The number of alkyl halides is 3. The molecule has 8 heteroatoms. The van der Waals surface area contributed by atoms with E-state index in [1.54, 1.807) is 12.3 Å². The maximum Gasteiger partial charge on any atom is 0.573 e. The van der Waals surface area contributed by atoms with Crippen LogP contribution >= 0.6 is 0 Å². The number of carbonyl (C=O) groups is 1. The van der Waals surface area contributed by atoms with Gasteiger partial charge in [-0.3, -0.25) is 4.79 Å². The second-order valence-corrected chi connectivity index (χ2v) is 4.18. The molecule has 0 radical (unpaired) electrons. The predicted molar refractivity (Wildman–Crippen MR) is 72.3 cm³/mol. The molecule has 0 aliphatic rings. The summed E-state index contributed by atoms with van der Waals surface area (Å²) in [5, 5.41) is 14.7. The highest BCUT2D eigenvalue weighted by molar-refractivity contribution is 5.64. The molecule has 0 aliphatic heterocycles. The summed E-state index contributed by atoms with van der Waals surface area (Å²) in [6.07, 6.45) is -3.10. The van der Waals surface area contributed by atoms with Gasteiger partial charge in [0.2, 0.25) is 0 Å². The molecule has 2 aromatic rings. The number of nitrogens with zero attached hydrogens (tertiary/aromatic N) is 2. The van der Waals surface area contributed by atoms with Crippen LogP contribution in [-0.4, -0.2) is 28.1 Å². The number of hydrogen-bond donors (Lipinski definition) is 1. The minimum atomic E-state index is -4.70. The van der Waals surface area contributed by atoms with E-state index in [2.05, 4.69) is 14.9 Å². The number of rotatable bonds is 2. The SMILES string of the molecule is Cc1cnnc(-c2cccc(OC(F)(F)F)c2)c1C.O=CO. The third-order valence-corrected chi connectivity index (χ3v) is 2.70. The van der Waals surface area contributed by atoms with Crippen LogP contribution in [0, 0.1) is 13.8 Å². The van der Waals surface area contributed by atoms with Crippen molar-refractivity contribution in [1.29, 1.82) is 0 Å². The average Bonchev–Trinajstić information content (AvgIpc) is 2.41. The molecule has 1 heterocycles. The molecule has 1 N–H and O–H groups in total. The van der Waals surface area contributed by atoms with Crippen LogP contribution in [0.2, 0.25) is 0 Å². The van der Waals surface area contributed by atoms with E-state index >= 15 is 0 Å². The van der Waals surface area contributed by atoms with Gasteiger partial charge in [-0.05, 0) is 37.1 Å². The molecular formula is C14H13F3N2O3. The van der Waals surface area contributed by atoms with Crippen molar-refractivity contribution in [1.82, 2.24) is 10.2 Å². The Morgan fingerprint density at radius 1 is 1.27 bits per heavy atom. The first-order valence-corrected chi connectivity index (χ1v) is 6.01. The van der Waals surface area contributed by atoms with Gasteiger partial charge in [0.15, 0.2) is 0 Å². The molecule has 0 saturated heterocycles. The van der Waals surface area contributed by atoms with E-state index in [9.17, 15) is 13.2 Å². The Labute approximate surface area is 124 Å². The topological polar surface area (TPSA) is 72.3 Å². The van der Waals surface area contributed by atoms with Gasteiger partial charge in [0, 0.05) is 5.56 Å². The van der Waals surface area contributed by atoms with Crippen molar-refractivity contribution in [2.75, 3.05) is 0 Å². The van der Waals surface area contributed by atoms with Gasteiger partial charge in [0.05, 0.1) is 11.9 Å². The maximum absolute atomic E-state index is 12.2. The number of aromatic nitrogens is 2. The summed E-state index contributed by atoms with van der Waals surface area (Å²) in [4.78, 5) is 8.36. The highest BCUT2D eigenvalue weighted by atomic mass is 19.4. The zero-order chi connectivity index (χ0) is 16.8. The molecule has 5 nitrogen and oxygen atoms in total. The van der Waals surface area contributed by atoms with Crippen LogP contribution in [0.1, 0.15) is 11.1 Å². The lowest BCUT2D eigenvalue weighted by Crippen LogP contribution is -2.17. The highest BCUT2D eigenvalue weighted by Gasteiger charge is 2.31. The van der Waals surface area contributed by atoms with Crippen LogP contribution < -0.4 is 4.74 Å². The number of benzene rings is 1. The van der Waals surface area contributed by atoms with E-state index in [1.165, 1.54) is 18.2 Å². The van der Waals surface area contributed by atoms with E-state index in [4.69, 9.17) is 9.90 Å². The molecule has 0 unspecified atom stereocenters. The van der Waals surface area contributed by atoms with Gasteiger partial charge >= 0.3 is 6.36 Å². The van der Waals surface area contributed by atoms with Gasteiger partial charge < -0.3 is 9.84 Å². The first kappa shape index (κ1) is 17.4. The lowest BCUT2D eigenvalue weighted by molar-refractivity contribution is -0.274. The van der Waals surface area contributed by atoms with Crippen LogP contribution in [0.4, 0.5) is 13.2 Å². The molecule has 0 atom stereocenters. The van der Waals surface area contributed by atoms with Gasteiger partial charge in [0.1, 0.15) is 5.75 Å². The summed E-state index contributed by atoms with van der Waals surface area (Å²) in [7, 11) is 0. The minimum Gasteiger partial charge on any atom is -0.483 e. The van der Waals surface area contributed by atoms with E-state index in [1.807, 2.05) is 13.8 Å². The van der Waals surface area contributed by atoms with Gasteiger partial charge in [0.25, 0.3) is 6.47 Å². The fourth-order valence-electron chi connectivity index (χ4n) is 1.65. The summed E-state index contributed by atoms with van der Waals surface area (Å²) in [5.41, 5.74) is 2.88. The van der Waals surface area contributed by atoms with Crippen LogP contribution in [0.25, 0.3) is 11.3 Å². The lowest BCUT2D eigenvalue weighted by atomic mass is 10.0. The molecule has 1 aromatic carbocycles. The van der Waals surface area contributed by atoms with Crippen molar-refractivity contribution in [3.05, 3.63) is 41.6 Å². The molecule has 0 bridgehead atoms. The third kappa shape index (κ3) is 5.04. The summed E-state index contributed by atoms with van der Waals surface area (Å²) >= 11 is 0. The maximum atomic E-state index is 12.2. The molecule has 0 amide bonds. The quantitative estimate of drug-likeness (QED) is 0.861. The van der Waals surface area contributed by atoms with Crippen molar-refractivity contribution < 1.29 is 27.8 Å². The Hall–Kier alpha value is -2.64. The van der Waals surface area contributed by atoms with Gasteiger partial charge in [-0.1, -0.05) is 12.1 Å². The van der Waals surface area contributed by atoms with Gasteiger partial charge in [-0.2, -0.15) is 10.2 Å². The predicted octanol–water partition coefficient (Wildman–Crippen LogP) is 3.36. The highest BCUT2D eigenvalue weighted by Crippen LogP contribution is 2.28. The molecular weight excluding hydrogens is 301 g/mol. The molecule has 2 rings (SSSR count). The molecule has 1 aromatic heterocycles. The Bertz CT molecular complexity index is 645. The molecule has 22 heavy (non-hydrogen) atoms. The normalized spacial score (nSPS) is 10.4. The van der Waals surface area contributed by atoms with E-state index in [-0.39, 0.29) is 12.2 Å². The number of halogens is 3. The van der Waals surface area contributed by atoms with Gasteiger partial charge in [-0.15, -0.1) is 13.2 Å². The van der Waals surface area contributed by atoms with E-state index in [0.717, 1.165) is 11.1 Å². The zero-order valence-electron chi connectivity index (χ0n) is 11.8. The smallest absolute Gasteiger partial charge is 0.483 e. The van der Waals surface area contributed by atoms with Crippen molar-refractivity contribution >= 4 is 6.47 Å². The summed E-state index contributed by atoms with van der Waals surface area (Å²) in [6.45, 7) is 3.46. The second-order valence-electron chi connectivity index (χ2n) is 4.18. The number of ether oxygens (including phenoxy) is 1. The summed E-state index contributed by atoms with van der Waals surface area (Å²) < 4.78 is 40.4. The fourth-order valence-corrected chi connectivity index (χ4v) is 1.65. The molecule has 0 spiro atoms. The third-order valence-electron chi connectivity index (χ3n) is 2.70. The van der Waals surface area contributed by atoms with Crippen LogP contribution in [0.15, 0.2) is 30.5 Å². The summed E-state index contributed by atoms with van der Waals surface area (Å²) in [5.74, 6) is -0.271. The standard InChI is InChI=1S/C13H11F3N2O.CH2O2/c1-8-7-17-18-12(9(8)2)10-4-3-5-11(6-10)19-13(14,15)16;2-1-3/h3-7H,1-2H3;1H,(H,2,3). The molecule has 0 aliphatic carbocycles. The lowest BCUT2D eigenvalue weighted by Gasteiger charge is -2.11. The van der Waals surface area contributed by atoms with Crippen molar-refractivity contribution in [2.24, 2.45) is 0 Å². The van der Waals surface area contributed by atoms with Crippen LogP contribution in [0.3, 0.4) is 0 Å². The Balaban J connectivity index is 0.000000745. The molecule has 118 valence electrons. The first-order valence-electron chi connectivity index (χ1n) is 6.01. The summed E-state index contributed by atoms with van der Waals surface area (Å²) in [6, 6.07) is 5.69. The average molecular weight is 314 g/mol. The number of hydrogen-bond acceptors (Lipinski definition) is 4. The fraction of sp³-hybridized carbons (Fsp3) is 0.214. The first-order chi connectivity index (χ1) is 10.3. The zero-order valence-corrected chi connectivity index (χ0v) is 11.8. The van der Waals surface area contributed by atoms with Gasteiger partial charge in [-0.25, -0.2) is 0 Å². The minimum absolute atomic E-state index is 0.250. The van der Waals surface area contributed by atoms with Crippen LogP contribution in [0.5, 0.6) is 5.75 Å². The van der Waals surface area contributed by atoms with E-state index in [0.29, 0.717) is 11.3 Å². The number of carboxylic acid groups (broad SMARTS) is 1. The second kappa shape index (κ2) is 7.39. The monoisotopic (exact) mass is 314 g/mol. The molecule has 0 fully saturated rings. The largest absolute Gasteiger partial charge is 0.573 e. The Morgan fingerprint density at radius 2 is 1.91 bits per heavy atom. The molecule has 0 saturated carbocycles. The van der Waals surface area contributed by atoms with Crippen molar-refractivity contribution in [3.8, 4) is 17.0 Å². The van der Waals surface area contributed by atoms with Crippen molar-refractivity contribution in [3.63, 3.8) is 0 Å². The Kier molecular flexibility index (Phi) is 5.85. The Morgan fingerprint density at radius 3 is 2.50 bits per heavy atom. The van der Waals surface area contributed by atoms with Crippen molar-refractivity contribution in [2.45, 2.75) is 20.2 Å².